The number of benzene rings is 9. The average Bonchev–Trinajstić information content (AvgIpc) is 3.98. The molecule has 0 saturated carbocycles. The van der Waals surface area contributed by atoms with E-state index in [0.29, 0.717) is 0 Å². The minimum absolute atomic E-state index is 0.0289. The molecule has 12 rings (SSSR count). The topological polar surface area (TPSA) is 29.5 Å². The summed E-state index contributed by atoms with van der Waals surface area (Å²) in [4.78, 5) is 2.42. The van der Waals surface area contributed by atoms with Gasteiger partial charge in [0.2, 0.25) is 0 Å². The summed E-state index contributed by atoms with van der Waals surface area (Å²) in [7, 11) is 0. The third-order valence-corrected chi connectivity index (χ3v) is 13.1. The first-order valence-electron chi connectivity index (χ1n) is 21.5. The zero-order valence-corrected chi connectivity index (χ0v) is 34.9. The Morgan fingerprint density at radius 1 is 0.419 bits per heavy atom. The van der Waals surface area contributed by atoms with Gasteiger partial charge in [-0.05, 0) is 105 Å². The molecule has 0 N–H and O–H groups in total. The lowest BCUT2D eigenvalue weighted by Gasteiger charge is -2.35. The highest BCUT2D eigenvalue weighted by molar-refractivity contribution is 6.14. The molecule has 0 fully saturated rings. The van der Waals surface area contributed by atoms with Gasteiger partial charge in [0.1, 0.15) is 22.3 Å². The van der Waals surface area contributed by atoms with Crippen molar-refractivity contribution in [1.82, 2.24) is 0 Å². The molecule has 0 saturated heterocycles. The van der Waals surface area contributed by atoms with Crippen molar-refractivity contribution in [2.45, 2.75) is 31.6 Å². The molecule has 0 spiro atoms. The molecule has 3 nitrogen and oxygen atoms in total. The predicted molar refractivity (Wildman–Crippen MR) is 257 cm³/mol. The van der Waals surface area contributed by atoms with Crippen LogP contribution in [-0.2, 0) is 10.8 Å². The molecule has 1 aliphatic rings. The van der Waals surface area contributed by atoms with E-state index >= 15 is 0 Å². The second kappa shape index (κ2) is 13.7. The summed E-state index contributed by atoms with van der Waals surface area (Å²) in [6.45, 7) is 6.80. The van der Waals surface area contributed by atoms with Gasteiger partial charge in [-0.2, -0.15) is 0 Å². The average molecular weight is 798 g/mol. The Hall–Kier alpha value is -7.62. The second-order valence-electron chi connectivity index (χ2n) is 17.6. The minimum Gasteiger partial charge on any atom is -0.456 e. The van der Waals surface area contributed by atoms with Gasteiger partial charge in [0.15, 0.2) is 0 Å². The first-order chi connectivity index (χ1) is 30.4. The van der Waals surface area contributed by atoms with Crippen molar-refractivity contribution in [3.05, 3.63) is 234 Å². The predicted octanol–water partition coefficient (Wildman–Crippen LogP) is 16.3. The number of hydrogen-bond donors (Lipinski definition) is 0. The van der Waals surface area contributed by atoms with Crippen LogP contribution in [0.2, 0.25) is 0 Å². The van der Waals surface area contributed by atoms with Crippen LogP contribution in [0.3, 0.4) is 0 Å². The number of anilines is 3. The SMILES string of the molecule is CC(C)(C)c1ccc2oc3cccc(N(c4ccc(-c5cccc6c5oc5ccccc56)cc4)c4cccc(C5(c6ccccc6)c6ccccc6-c6ccccc65)c4)c3c2c1. The highest BCUT2D eigenvalue weighted by atomic mass is 16.3. The Labute approximate surface area is 361 Å². The lowest BCUT2D eigenvalue weighted by Crippen LogP contribution is -2.28. The zero-order chi connectivity index (χ0) is 41.6. The summed E-state index contributed by atoms with van der Waals surface area (Å²) in [5.41, 5.74) is 17.1. The number of para-hydroxylation sites is 2. The van der Waals surface area contributed by atoms with Gasteiger partial charge < -0.3 is 13.7 Å². The van der Waals surface area contributed by atoms with E-state index < -0.39 is 5.41 Å². The molecule has 62 heavy (non-hydrogen) atoms. The number of hydrogen-bond acceptors (Lipinski definition) is 3. The van der Waals surface area contributed by atoms with E-state index in [2.05, 4.69) is 220 Å². The van der Waals surface area contributed by atoms with E-state index in [0.717, 1.165) is 72.1 Å². The van der Waals surface area contributed by atoms with Crippen LogP contribution in [-0.4, -0.2) is 0 Å². The van der Waals surface area contributed by atoms with E-state index in [4.69, 9.17) is 8.83 Å². The second-order valence-corrected chi connectivity index (χ2v) is 17.6. The molecule has 1 aliphatic carbocycles. The summed E-state index contributed by atoms with van der Waals surface area (Å²) in [6.07, 6.45) is 0. The molecule has 0 unspecified atom stereocenters. The first kappa shape index (κ1) is 36.2. The monoisotopic (exact) mass is 797 g/mol. The molecular formula is C59H43NO2. The van der Waals surface area contributed by atoms with Gasteiger partial charge in [0, 0.05) is 33.1 Å². The van der Waals surface area contributed by atoms with Crippen molar-refractivity contribution in [2.75, 3.05) is 4.90 Å². The van der Waals surface area contributed by atoms with Gasteiger partial charge >= 0.3 is 0 Å². The Kier molecular flexibility index (Phi) is 8.01. The van der Waals surface area contributed by atoms with Crippen LogP contribution in [0, 0.1) is 0 Å². The highest BCUT2D eigenvalue weighted by Gasteiger charge is 2.46. The highest BCUT2D eigenvalue weighted by Crippen LogP contribution is 2.57. The van der Waals surface area contributed by atoms with Crippen LogP contribution in [0.15, 0.2) is 215 Å². The van der Waals surface area contributed by atoms with Gasteiger partial charge in [-0.3, -0.25) is 0 Å². The maximum Gasteiger partial charge on any atom is 0.143 e. The molecule has 296 valence electrons. The van der Waals surface area contributed by atoms with Crippen LogP contribution in [0.4, 0.5) is 17.1 Å². The van der Waals surface area contributed by atoms with Crippen LogP contribution in [0.5, 0.6) is 0 Å². The van der Waals surface area contributed by atoms with Gasteiger partial charge in [0.25, 0.3) is 0 Å². The van der Waals surface area contributed by atoms with Crippen molar-refractivity contribution < 1.29 is 8.83 Å². The molecule has 2 aromatic heterocycles. The van der Waals surface area contributed by atoms with Crippen molar-refractivity contribution in [3.63, 3.8) is 0 Å². The molecular weight excluding hydrogens is 755 g/mol. The van der Waals surface area contributed by atoms with Crippen molar-refractivity contribution in [3.8, 4) is 22.3 Å². The first-order valence-corrected chi connectivity index (χ1v) is 21.5. The lowest BCUT2D eigenvalue weighted by molar-refractivity contribution is 0.590. The molecule has 3 heteroatoms. The van der Waals surface area contributed by atoms with Gasteiger partial charge in [-0.25, -0.2) is 0 Å². The fourth-order valence-corrected chi connectivity index (χ4v) is 10.2. The summed E-state index contributed by atoms with van der Waals surface area (Å²) >= 11 is 0. The molecule has 2 heterocycles. The summed E-state index contributed by atoms with van der Waals surface area (Å²) in [5.74, 6) is 0. The molecule has 0 amide bonds. The van der Waals surface area contributed by atoms with Gasteiger partial charge in [-0.15, -0.1) is 0 Å². The summed E-state index contributed by atoms with van der Waals surface area (Å²) in [6, 6.07) is 74.9. The largest absolute Gasteiger partial charge is 0.456 e. The molecule has 0 atom stereocenters. The number of fused-ring (bicyclic) bond motifs is 9. The lowest BCUT2D eigenvalue weighted by atomic mass is 9.67. The van der Waals surface area contributed by atoms with E-state index in [1.54, 1.807) is 0 Å². The Balaban J connectivity index is 1.10. The number of furan rings is 2. The van der Waals surface area contributed by atoms with Crippen molar-refractivity contribution in [2.24, 2.45) is 0 Å². The van der Waals surface area contributed by atoms with E-state index in [1.165, 1.54) is 38.9 Å². The van der Waals surface area contributed by atoms with Crippen LogP contribution in [0.1, 0.15) is 48.6 Å². The molecule has 0 radical (unpaired) electrons. The zero-order valence-electron chi connectivity index (χ0n) is 34.9. The third-order valence-electron chi connectivity index (χ3n) is 13.1. The van der Waals surface area contributed by atoms with E-state index in [9.17, 15) is 0 Å². The standard InChI is InChI=1S/C59H43NO2/c1-58(2,3)40-32-35-54-49(37-40)56-52(27-15-29-55(56)61-54)60(42-33-30-38(31-34-42)44-23-14-24-48-47-22-9-12-28-53(47)62-57(44)48)43-19-13-18-41(36-43)59(39-16-5-4-6-17-39)50-25-10-7-20-45(50)46-21-8-11-26-51(46)59/h4-37H,1-3H3. The Bertz CT molecular complexity index is 3460. The van der Waals surface area contributed by atoms with Gasteiger partial charge in [-0.1, -0.05) is 172 Å². The Morgan fingerprint density at radius 3 is 1.81 bits per heavy atom. The Morgan fingerprint density at radius 2 is 1.03 bits per heavy atom. The minimum atomic E-state index is -0.540. The van der Waals surface area contributed by atoms with Crippen LogP contribution < -0.4 is 4.90 Å². The fraction of sp³-hybridized carbons (Fsp3) is 0.0847. The van der Waals surface area contributed by atoms with Crippen LogP contribution in [0.25, 0.3) is 66.1 Å². The number of rotatable bonds is 6. The van der Waals surface area contributed by atoms with E-state index in [1.807, 2.05) is 12.1 Å². The smallest absolute Gasteiger partial charge is 0.143 e. The third kappa shape index (κ3) is 5.38. The molecule has 0 bridgehead atoms. The molecule has 0 aliphatic heterocycles. The van der Waals surface area contributed by atoms with Crippen molar-refractivity contribution in [1.29, 1.82) is 0 Å². The quantitative estimate of drug-likeness (QED) is 0.168. The summed E-state index contributed by atoms with van der Waals surface area (Å²) < 4.78 is 13.2. The normalized spacial score (nSPS) is 13.2. The molecule has 9 aromatic carbocycles. The fourth-order valence-electron chi connectivity index (χ4n) is 10.2. The van der Waals surface area contributed by atoms with Gasteiger partial charge in [0.05, 0.1) is 16.5 Å². The molecule has 11 aromatic rings. The van der Waals surface area contributed by atoms with E-state index in [-0.39, 0.29) is 5.41 Å². The maximum atomic E-state index is 6.65. The van der Waals surface area contributed by atoms with Crippen LogP contribution >= 0.6 is 0 Å². The summed E-state index contributed by atoms with van der Waals surface area (Å²) in [5, 5.41) is 4.44. The van der Waals surface area contributed by atoms with Crippen molar-refractivity contribution >= 4 is 60.9 Å². The number of nitrogens with zero attached hydrogens (tertiary/aromatic N) is 1. The maximum absolute atomic E-state index is 6.65.